The van der Waals surface area contributed by atoms with E-state index in [1.165, 1.54) is 0 Å². The summed E-state index contributed by atoms with van der Waals surface area (Å²) >= 11 is 0. The molecule has 5 nitrogen and oxygen atoms in total. The first-order valence-electron chi connectivity index (χ1n) is 7.28. The number of nitrogens with one attached hydrogen (secondary N) is 2. The van der Waals surface area contributed by atoms with Crippen molar-refractivity contribution in [3.63, 3.8) is 0 Å². The van der Waals surface area contributed by atoms with Crippen LogP contribution in [0, 0.1) is 0 Å². The monoisotopic (exact) mass is 279 g/mol. The number of pyridine rings is 1. The van der Waals surface area contributed by atoms with Crippen LogP contribution in [0.15, 0.2) is 18.3 Å². The molecule has 0 spiro atoms. The lowest BCUT2D eigenvalue weighted by atomic mass is 10.2. The molecule has 0 aliphatic carbocycles. The van der Waals surface area contributed by atoms with Gasteiger partial charge in [0.1, 0.15) is 0 Å². The number of carbonyl (C=O) groups excluding carboxylic acids is 1. The normalized spacial score (nSPS) is 11.8. The van der Waals surface area contributed by atoms with E-state index in [1.807, 2.05) is 19.1 Å². The number of rotatable bonds is 9. The quantitative estimate of drug-likeness (QED) is 0.729. The van der Waals surface area contributed by atoms with E-state index in [0.717, 1.165) is 18.6 Å². The maximum Gasteiger partial charge on any atom is 0.221 e. The third-order valence-corrected chi connectivity index (χ3v) is 2.90. The average Bonchev–Trinajstić information content (AvgIpc) is 2.46. The van der Waals surface area contributed by atoms with Crippen molar-refractivity contribution in [2.24, 2.45) is 0 Å². The molecule has 1 amide bonds. The van der Waals surface area contributed by atoms with Crippen LogP contribution in [0.4, 0.5) is 5.82 Å². The van der Waals surface area contributed by atoms with Crippen LogP contribution in [0.25, 0.3) is 0 Å². The van der Waals surface area contributed by atoms with E-state index in [1.54, 1.807) is 6.20 Å². The maximum atomic E-state index is 11.7. The Bertz CT molecular complexity index is 410. The molecule has 0 saturated heterocycles. The van der Waals surface area contributed by atoms with Crippen LogP contribution >= 0.6 is 0 Å². The Morgan fingerprint density at radius 3 is 2.95 bits per heavy atom. The second-order valence-corrected chi connectivity index (χ2v) is 4.75. The lowest BCUT2D eigenvalue weighted by Crippen LogP contribution is -2.33. The van der Waals surface area contributed by atoms with Crippen molar-refractivity contribution >= 4 is 11.7 Å². The van der Waals surface area contributed by atoms with E-state index < -0.39 is 0 Å². The fourth-order valence-corrected chi connectivity index (χ4v) is 1.60. The number of hydrogen-bond acceptors (Lipinski definition) is 4. The molecule has 1 unspecified atom stereocenters. The van der Waals surface area contributed by atoms with Gasteiger partial charge in [0.05, 0.1) is 6.61 Å². The number of nitrogens with zero attached hydrogens (tertiary/aromatic N) is 1. The van der Waals surface area contributed by atoms with Gasteiger partial charge in [-0.1, -0.05) is 13.8 Å². The van der Waals surface area contributed by atoms with Crippen molar-refractivity contribution in [3.8, 4) is 5.75 Å². The molecule has 1 heterocycles. The summed E-state index contributed by atoms with van der Waals surface area (Å²) in [5.74, 6) is 1.48. The molecule has 20 heavy (non-hydrogen) atoms. The molecule has 1 aromatic heterocycles. The van der Waals surface area contributed by atoms with Gasteiger partial charge in [0, 0.05) is 25.2 Å². The second-order valence-electron chi connectivity index (χ2n) is 4.75. The van der Waals surface area contributed by atoms with E-state index in [2.05, 4.69) is 29.5 Å². The first-order valence-corrected chi connectivity index (χ1v) is 7.28. The summed E-state index contributed by atoms with van der Waals surface area (Å²) in [4.78, 5) is 15.9. The van der Waals surface area contributed by atoms with Gasteiger partial charge in [0.2, 0.25) is 5.91 Å². The van der Waals surface area contributed by atoms with Gasteiger partial charge in [-0.05, 0) is 31.9 Å². The zero-order valence-corrected chi connectivity index (χ0v) is 12.6. The highest BCUT2D eigenvalue weighted by Crippen LogP contribution is 2.20. The van der Waals surface area contributed by atoms with Crippen molar-refractivity contribution in [3.05, 3.63) is 18.3 Å². The Balaban J connectivity index is 2.39. The van der Waals surface area contributed by atoms with Crippen LogP contribution < -0.4 is 15.4 Å². The van der Waals surface area contributed by atoms with E-state index in [4.69, 9.17) is 4.74 Å². The molecule has 0 aromatic carbocycles. The molecule has 5 heteroatoms. The van der Waals surface area contributed by atoms with Gasteiger partial charge >= 0.3 is 0 Å². The number of ether oxygens (including phenoxy) is 1. The third kappa shape index (κ3) is 5.91. The summed E-state index contributed by atoms with van der Waals surface area (Å²) in [6.07, 6.45) is 4.02. The van der Waals surface area contributed by atoms with E-state index in [-0.39, 0.29) is 11.9 Å². The summed E-state index contributed by atoms with van der Waals surface area (Å²) < 4.78 is 5.60. The Hall–Kier alpha value is -1.78. The van der Waals surface area contributed by atoms with Gasteiger partial charge in [-0.15, -0.1) is 0 Å². The average molecular weight is 279 g/mol. The standard InChI is InChI=1S/C15H25N3O2/c1-4-11-20-13-7-6-9-16-15(13)17-10-8-14(19)18-12(3)5-2/h6-7,9,12H,4-5,8,10-11H2,1-3H3,(H,16,17)(H,18,19). The highest BCUT2D eigenvalue weighted by molar-refractivity contribution is 5.76. The van der Waals surface area contributed by atoms with Crippen molar-refractivity contribution in [1.29, 1.82) is 0 Å². The molecule has 0 aliphatic rings. The van der Waals surface area contributed by atoms with Gasteiger partial charge in [0.25, 0.3) is 0 Å². The third-order valence-electron chi connectivity index (χ3n) is 2.90. The molecule has 1 atom stereocenters. The predicted molar refractivity (Wildman–Crippen MR) is 81.0 cm³/mol. The number of aromatic nitrogens is 1. The van der Waals surface area contributed by atoms with Gasteiger partial charge in [-0.2, -0.15) is 0 Å². The number of hydrogen-bond donors (Lipinski definition) is 2. The second kappa shape index (κ2) is 9.18. The molecular weight excluding hydrogens is 254 g/mol. The Morgan fingerprint density at radius 2 is 2.25 bits per heavy atom. The highest BCUT2D eigenvalue weighted by atomic mass is 16.5. The Labute approximate surface area is 121 Å². The van der Waals surface area contributed by atoms with Crippen LogP contribution in [0.1, 0.15) is 40.0 Å². The zero-order valence-electron chi connectivity index (χ0n) is 12.6. The van der Waals surface area contributed by atoms with Crippen molar-refractivity contribution in [2.75, 3.05) is 18.5 Å². The number of anilines is 1. The first-order chi connectivity index (χ1) is 9.67. The SMILES string of the molecule is CCCOc1cccnc1NCCC(=O)NC(C)CC. The van der Waals surface area contributed by atoms with Crippen LogP contribution in [-0.2, 0) is 4.79 Å². The molecule has 0 fully saturated rings. The van der Waals surface area contributed by atoms with E-state index >= 15 is 0 Å². The highest BCUT2D eigenvalue weighted by Gasteiger charge is 2.07. The summed E-state index contributed by atoms with van der Waals surface area (Å²) in [5, 5.41) is 6.08. The van der Waals surface area contributed by atoms with E-state index in [0.29, 0.717) is 25.4 Å². The lowest BCUT2D eigenvalue weighted by Gasteiger charge is -2.13. The van der Waals surface area contributed by atoms with Gasteiger partial charge in [-0.3, -0.25) is 4.79 Å². The fourth-order valence-electron chi connectivity index (χ4n) is 1.60. The molecule has 1 aromatic rings. The summed E-state index contributed by atoms with van der Waals surface area (Å²) in [5.41, 5.74) is 0. The number of amides is 1. The Kier molecular flexibility index (Phi) is 7.47. The van der Waals surface area contributed by atoms with Crippen LogP contribution in [0.5, 0.6) is 5.75 Å². The fraction of sp³-hybridized carbons (Fsp3) is 0.600. The summed E-state index contributed by atoms with van der Waals surface area (Å²) in [6, 6.07) is 3.94. The first kappa shape index (κ1) is 16.3. The molecular formula is C15H25N3O2. The maximum absolute atomic E-state index is 11.7. The zero-order chi connectivity index (χ0) is 14.8. The lowest BCUT2D eigenvalue weighted by molar-refractivity contribution is -0.121. The smallest absolute Gasteiger partial charge is 0.221 e. The molecule has 1 rings (SSSR count). The Morgan fingerprint density at radius 1 is 1.45 bits per heavy atom. The molecule has 0 saturated carbocycles. The minimum Gasteiger partial charge on any atom is -0.490 e. The topological polar surface area (TPSA) is 63.2 Å². The van der Waals surface area contributed by atoms with Crippen LogP contribution in [-0.4, -0.2) is 30.1 Å². The largest absolute Gasteiger partial charge is 0.490 e. The summed E-state index contributed by atoms with van der Waals surface area (Å²) in [7, 11) is 0. The van der Waals surface area contributed by atoms with Gasteiger partial charge in [0.15, 0.2) is 11.6 Å². The van der Waals surface area contributed by atoms with Crippen LogP contribution in [0.2, 0.25) is 0 Å². The molecule has 0 radical (unpaired) electrons. The van der Waals surface area contributed by atoms with Crippen LogP contribution in [0.3, 0.4) is 0 Å². The number of carbonyl (C=O) groups is 1. The minimum atomic E-state index is 0.0545. The van der Waals surface area contributed by atoms with Crippen molar-refractivity contribution in [2.45, 2.75) is 46.1 Å². The van der Waals surface area contributed by atoms with Gasteiger partial charge < -0.3 is 15.4 Å². The minimum absolute atomic E-state index is 0.0545. The molecule has 0 aliphatic heterocycles. The molecule has 2 N–H and O–H groups in total. The molecule has 112 valence electrons. The molecule has 0 bridgehead atoms. The summed E-state index contributed by atoms with van der Waals surface area (Å²) in [6.45, 7) is 7.31. The van der Waals surface area contributed by atoms with Crippen molar-refractivity contribution in [1.82, 2.24) is 10.3 Å². The predicted octanol–water partition coefficient (Wildman–Crippen LogP) is 2.59. The van der Waals surface area contributed by atoms with Gasteiger partial charge in [-0.25, -0.2) is 4.98 Å². The van der Waals surface area contributed by atoms with Crippen molar-refractivity contribution < 1.29 is 9.53 Å². The van der Waals surface area contributed by atoms with E-state index in [9.17, 15) is 4.79 Å².